The summed E-state index contributed by atoms with van der Waals surface area (Å²) < 4.78 is 0. The summed E-state index contributed by atoms with van der Waals surface area (Å²) in [7, 11) is 8.59. The van der Waals surface area contributed by atoms with E-state index >= 15 is 0 Å². The topological polar surface area (TPSA) is 22.1 Å². The number of unbranched alkanes of at least 4 members (excludes halogenated alkanes) is 1. The van der Waals surface area contributed by atoms with Crippen molar-refractivity contribution in [3.63, 3.8) is 0 Å². The first-order valence-electron chi connectivity index (χ1n) is 11.0. The summed E-state index contributed by atoms with van der Waals surface area (Å²) in [5, 5.41) is 0. The maximum Gasteiger partial charge on any atom is 0.122 e. The van der Waals surface area contributed by atoms with Gasteiger partial charge in [0.1, 0.15) is 12.3 Å². The maximum absolute atomic E-state index is 5.07. The van der Waals surface area contributed by atoms with Crippen LogP contribution in [0.5, 0.6) is 0 Å². The average molecular weight is 405 g/mol. The van der Waals surface area contributed by atoms with Crippen molar-refractivity contribution in [1.29, 1.82) is 0 Å². The molecular formula is C26H36N4. The van der Waals surface area contributed by atoms with Crippen LogP contribution in [0.2, 0.25) is 0 Å². The number of hydrogen-bond acceptors (Lipinski definition) is 4. The molecule has 1 heterocycles. The average Bonchev–Trinajstić information content (AvgIpc) is 2.74. The molecule has 0 radical (unpaired) electrons. The molecule has 0 amide bonds. The summed E-state index contributed by atoms with van der Waals surface area (Å²) >= 11 is 0. The summed E-state index contributed by atoms with van der Waals surface area (Å²) in [5.41, 5.74) is 3.80. The Hall–Kier alpha value is -2.43. The molecule has 0 saturated carbocycles. The number of benzene rings is 2. The molecule has 4 heteroatoms. The van der Waals surface area contributed by atoms with E-state index in [1.54, 1.807) is 0 Å². The van der Waals surface area contributed by atoms with Gasteiger partial charge >= 0.3 is 0 Å². The second-order valence-corrected chi connectivity index (χ2v) is 8.50. The van der Waals surface area contributed by atoms with Gasteiger partial charge in [-0.15, -0.1) is 0 Å². The number of rotatable bonds is 9. The zero-order valence-electron chi connectivity index (χ0n) is 19.1. The molecule has 0 spiro atoms. The van der Waals surface area contributed by atoms with Gasteiger partial charge in [-0.2, -0.15) is 0 Å². The minimum Gasteiger partial charge on any atom is -0.336 e. The highest BCUT2D eigenvalue weighted by Gasteiger charge is 2.30. The molecule has 1 aliphatic rings. The van der Waals surface area contributed by atoms with Gasteiger partial charge in [0.15, 0.2) is 0 Å². The third kappa shape index (κ3) is 5.18. The molecule has 0 aliphatic carbocycles. The predicted molar refractivity (Wildman–Crippen MR) is 127 cm³/mol. The molecule has 4 nitrogen and oxygen atoms in total. The molecule has 0 saturated heterocycles. The Bertz CT molecular complexity index is 827. The van der Waals surface area contributed by atoms with Crippen LogP contribution in [0, 0.1) is 0 Å². The molecule has 0 aromatic heterocycles. The van der Waals surface area contributed by atoms with Gasteiger partial charge in [-0.05, 0) is 52.2 Å². The second kappa shape index (κ2) is 10.6. The fourth-order valence-corrected chi connectivity index (χ4v) is 4.31. The van der Waals surface area contributed by atoms with E-state index in [-0.39, 0.29) is 18.4 Å². The van der Waals surface area contributed by atoms with Crippen LogP contribution >= 0.6 is 0 Å². The normalized spacial score (nSPS) is 18.6. The highest BCUT2D eigenvalue weighted by Crippen LogP contribution is 2.34. The molecule has 160 valence electrons. The summed E-state index contributed by atoms with van der Waals surface area (Å²) in [6, 6.07) is 21.6. The standard InChI is InChI=1S/C26H36N4/c1-6-7-18-24-27-19-23(25(28(2)3)21-14-10-8-11-15-21)20-30(24)26(29(4)5)22-16-12-9-13-17-22/h8-17,19-20,24-26H,6-7,18H2,1-5H3. The Morgan fingerprint density at radius 1 is 0.867 bits per heavy atom. The van der Waals surface area contributed by atoms with Crippen LogP contribution in [0.1, 0.15) is 49.5 Å². The van der Waals surface area contributed by atoms with Crippen LogP contribution in [-0.4, -0.2) is 55.3 Å². The summed E-state index contributed by atoms with van der Waals surface area (Å²) in [4.78, 5) is 12.1. The largest absolute Gasteiger partial charge is 0.336 e. The van der Waals surface area contributed by atoms with Gasteiger partial charge in [0, 0.05) is 18.0 Å². The zero-order valence-corrected chi connectivity index (χ0v) is 19.1. The first kappa shape index (κ1) is 22.3. The van der Waals surface area contributed by atoms with Crippen molar-refractivity contribution >= 4 is 6.21 Å². The molecule has 3 atom stereocenters. The third-order valence-electron chi connectivity index (χ3n) is 5.67. The van der Waals surface area contributed by atoms with Crippen LogP contribution in [0.15, 0.2) is 77.4 Å². The minimum absolute atomic E-state index is 0.138. The van der Waals surface area contributed by atoms with E-state index in [4.69, 9.17) is 4.99 Å². The highest BCUT2D eigenvalue weighted by molar-refractivity contribution is 5.81. The number of hydrogen-bond donors (Lipinski definition) is 0. The lowest BCUT2D eigenvalue weighted by atomic mass is 9.97. The number of likely N-dealkylation sites (N-methyl/N-ethyl adjacent to an activating group) is 1. The molecule has 3 rings (SSSR count). The zero-order chi connectivity index (χ0) is 21.5. The predicted octanol–water partition coefficient (Wildman–Crippen LogP) is 5.34. The van der Waals surface area contributed by atoms with E-state index in [1.807, 2.05) is 0 Å². The van der Waals surface area contributed by atoms with Crippen molar-refractivity contribution in [3.8, 4) is 0 Å². The Morgan fingerprint density at radius 2 is 1.47 bits per heavy atom. The van der Waals surface area contributed by atoms with E-state index in [0.717, 1.165) is 6.42 Å². The SMILES string of the molecule is CCCCC1N=CC(C(c2ccccc2)N(C)C)=CN1C(c1ccccc1)N(C)C. The summed E-state index contributed by atoms with van der Waals surface area (Å²) in [5.74, 6) is 0. The number of aliphatic imine (C=N–C) groups is 1. The van der Waals surface area contributed by atoms with Crippen LogP contribution in [-0.2, 0) is 0 Å². The van der Waals surface area contributed by atoms with Gasteiger partial charge in [-0.25, -0.2) is 0 Å². The third-order valence-corrected chi connectivity index (χ3v) is 5.67. The summed E-state index contributed by atoms with van der Waals surface area (Å²) in [6.07, 6.45) is 8.16. The van der Waals surface area contributed by atoms with E-state index in [2.05, 4.69) is 123 Å². The number of nitrogens with zero attached hydrogens (tertiary/aromatic N) is 4. The van der Waals surface area contributed by atoms with E-state index in [9.17, 15) is 0 Å². The van der Waals surface area contributed by atoms with Gasteiger partial charge in [0.25, 0.3) is 0 Å². The molecule has 1 aliphatic heterocycles. The molecule has 0 N–H and O–H groups in total. The quantitative estimate of drug-likeness (QED) is 0.563. The smallest absolute Gasteiger partial charge is 0.122 e. The highest BCUT2D eigenvalue weighted by atomic mass is 15.4. The van der Waals surface area contributed by atoms with Crippen molar-refractivity contribution in [3.05, 3.63) is 83.6 Å². The van der Waals surface area contributed by atoms with Crippen molar-refractivity contribution in [2.45, 2.75) is 44.6 Å². The Balaban J connectivity index is 2.03. The van der Waals surface area contributed by atoms with Crippen molar-refractivity contribution in [2.75, 3.05) is 28.2 Å². The first-order valence-corrected chi connectivity index (χ1v) is 11.0. The molecule has 30 heavy (non-hydrogen) atoms. The van der Waals surface area contributed by atoms with Crippen LogP contribution < -0.4 is 0 Å². The van der Waals surface area contributed by atoms with Crippen molar-refractivity contribution in [2.24, 2.45) is 4.99 Å². The fourth-order valence-electron chi connectivity index (χ4n) is 4.31. The molecule has 0 bridgehead atoms. The lowest BCUT2D eigenvalue weighted by Crippen LogP contribution is -2.42. The fraction of sp³-hybridized carbons (Fsp3) is 0.423. The summed E-state index contributed by atoms with van der Waals surface area (Å²) in [6.45, 7) is 2.25. The molecule has 3 unspecified atom stereocenters. The monoisotopic (exact) mass is 404 g/mol. The Morgan fingerprint density at radius 3 is 2.00 bits per heavy atom. The van der Waals surface area contributed by atoms with Gasteiger partial charge < -0.3 is 4.90 Å². The van der Waals surface area contributed by atoms with Gasteiger partial charge in [-0.3, -0.25) is 14.8 Å². The molecule has 2 aromatic rings. The first-order chi connectivity index (χ1) is 14.5. The maximum atomic E-state index is 5.07. The molecule has 0 fully saturated rings. The minimum atomic E-state index is 0.138. The van der Waals surface area contributed by atoms with Crippen molar-refractivity contribution < 1.29 is 0 Å². The Kier molecular flexibility index (Phi) is 7.83. The lowest BCUT2D eigenvalue weighted by molar-refractivity contribution is 0.0804. The van der Waals surface area contributed by atoms with Gasteiger partial charge in [0.05, 0.1) is 6.04 Å². The van der Waals surface area contributed by atoms with Crippen molar-refractivity contribution in [1.82, 2.24) is 14.7 Å². The second-order valence-electron chi connectivity index (χ2n) is 8.50. The van der Waals surface area contributed by atoms with Crippen LogP contribution in [0.4, 0.5) is 0 Å². The Labute approximate surface area is 182 Å². The van der Waals surface area contributed by atoms with Crippen LogP contribution in [0.25, 0.3) is 0 Å². The molecule has 2 aromatic carbocycles. The molecular weight excluding hydrogens is 368 g/mol. The van der Waals surface area contributed by atoms with E-state index in [1.165, 1.54) is 29.5 Å². The van der Waals surface area contributed by atoms with E-state index < -0.39 is 0 Å². The lowest BCUT2D eigenvalue weighted by Gasteiger charge is -2.42. The van der Waals surface area contributed by atoms with Gasteiger partial charge in [0.2, 0.25) is 0 Å². The van der Waals surface area contributed by atoms with Crippen LogP contribution in [0.3, 0.4) is 0 Å². The van der Waals surface area contributed by atoms with Gasteiger partial charge in [-0.1, -0.05) is 74.0 Å². The van der Waals surface area contributed by atoms with E-state index in [0.29, 0.717) is 0 Å².